The van der Waals surface area contributed by atoms with Crippen LogP contribution in [0.15, 0.2) is 0 Å². The van der Waals surface area contributed by atoms with Crippen molar-refractivity contribution in [3.63, 3.8) is 0 Å². The van der Waals surface area contributed by atoms with Crippen molar-refractivity contribution < 1.29 is 5.11 Å². The predicted octanol–water partition coefficient (Wildman–Crippen LogP) is 0.0510. The van der Waals surface area contributed by atoms with Crippen LogP contribution < -0.4 is 5.32 Å². The third-order valence-electron chi connectivity index (χ3n) is 2.56. The average molecular weight is 172 g/mol. The molecule has 1 saturated carbocycles. The first-order valence-corrected chi connectivity index (χ1v) is 4.76. The van der Waals surface area contributed by atoms with Crippen LogP contribution in [-0.4, -0.2) is 49.3 Å². The van der Waals surface area contributed by atoms with Crippen LogP contribution >= 0.6 is 0 Å². The van der Waals surface area contributed by atoms with E-state index in [0.717, 1.165) is 19.0 Å². The highest BCUT2D eigenvalue weighted by Crippen LogP contribution is 2.25. The normalized spacial score (nSPS) is 20.0. The number of aliphatic hydroxyl groups is 1. The molecule has 0 aliphatic heterocycles. The van der Waals surface area contributed by atoms with Gasteiger partial charge in [-0.05, 0) is 33.4 Å². The first-order valence-electron chi connectivity index (χ1n) is 4.76. The molecule has 0 aromatic rings. The Bertz CT molecular complexity index is 126. The summed E-state index contributed by atoms with van der Waals surface area (Å²) in [6.45, 7) is 1.34. The number of hydrogen-bond donors (Lipinski definition) is 2. The van der Waals surface area contributed by atoms with Crippen molar-refractivity contribution >= 4 is 0 Å². The van der Waals surface area contributed by atoms with Crippen LogP contribution in [0.25, 0.3) is 0 Å². The summed E-state index contributed by atoms with van der Waals surface area (Å²) in [5, 5.41) is 12.0. The molecule has 0 amide bonds. The topological polar surface area (TPSA) is 35.5 Å². The number of hydrogen-bond acceptors (Lipinski definition) is 3. The fourth-order valence-corrected chi connectivity index (χ4v) is 1.49. The molecule has 72 valence electrons. The van der Waals surface area contributed by atoms with Gasteiger partial charge in [-0.1, -0.05) is 0 Å². The highest BCUT2D eigenvalue weighted by Gasteiger charge is 2.27. The molecule has 0 saturated heterocycles. The molecule has 0 radical (unpaired) electrons. The summed E-state index contributed by atoms with van der Waals surface area (Å²) in [5.74, 6) is 0. The number of rotatable bonds is 6. The Kier molecular flexibility index (Phi) is 3.98. The quantitative estimate of drug-likeness (QED) is 0.594. The average Bonchev–Trinajstić information content (AvgIpc) is 2.85. The first kappa shape index (κ1) is 9.96. The summed E-state index contributed by atoms with van der Waals surface area (Å²) in [4.78, 5) is 2.39. The summed E-state index contributed by atoms with van der Waals surface area (Å²) in [7, 11) is 4.13. The predicted molar refractivity (Wildman–Crippen MR) is 50.2 cm³/mol. The minimum atomic E-state index is 0.282. The molecular weight excluding hydrogens is 152 g/mol. The van der Waals surface area contributed by atoms with Gasteiger partial charge in [-0.3, -0.25) is 0 Å². The molecule has 1 atom stereocenters. The van der Waals surface area contributed by atoms with Crippen LogP contribution in [0, 0.1) is 0 Å². The lowest BCUT2D eigenvalue weighted by Crippen LogP contribution is -2.39. The Labute approximate surface area is 74.8 Å². The van der Waals surface area contributed by atoms with E-state index in [4.69, 9.17) is 5.11 Å². The molecule has 0 heterocycles. The lowest BCUT2D eigenvalue weighted by atomic mass is 10.2. The first-order chi connectivity index (χ1) is 5.77. The van der Waals surface area contributed by atoms with Gasteiger partial charge in [0, 0.05) is 25.2 Å². The van der Waals surface area contributed by atoms with Gasteiger partial charge >= 0.3 is 0 Å². The summed E-state index contributed by atoms with van der Waals surface area (Å²) in [5.41, 5.74) is 0. The standard InChI is InChI=1S/C9H20N2O/c1-10-8(5-6-12)7-11(2)9-3-4-9/h8-10,12H,3-7H2,1-2H3. The third kappa shape index (κ3) is 3.09. The maximum Gasteiger partial charge on any atom is 0.0446 e. The molecule has 3 heteroatoms. The summed E-state index contributed by atoms with van der Waals surface area (Å²) in [6, 6.07) is 1.26. The van der Waals surface area contributed by atoms with E-state index >= 15 is 0 Å². The Morgan fingerprint density at radius 3 is 2.67 bits per heavy atom. The van der Waals surface area contributed by atoms with Gasteiger partial charge in [0.2, 0.25) is 0 Å². The molecule has 1 fully saturated rings. The molecular formula is C9H20N2O. The van der Waals surface area contributed by atoms with E-state index in [1.807, 2.05) is 7.05 Å². The molecule has 2 N–H and O–H groups in total. The van der Waals surface area contributed by atoms with Crippen molar-refractivity contribution in [1.82, 2.24) is 10.2 Å². The van der Waals surface area contributed by atoms with Crippen LogP contribution in [0.4, 0.5) is 0 Å². The van der Waals surface area contributed by atoms with Crippen molar-refractivity contribution in [3.05, 3.63) is 0 Å². The smallest absolute Gasteiger partial charge is 0.0446 e. The second-order valence-electron chi connectivity index (χ2n) is 3.67. The molecule has 1 rings (SSSR count). The maximum atomic E-state index is 8.78. The Balaban J connectivity index is 2.15. The van der Waals surface area contributed by atoms with Gasteiger partial charge in [0.25, 0.3) is 0 Å². The van der Waals surface area contributed by atoms with E-state index in [-0.39, 0.29) is 6.61 Å². The second-order valence-corrected chi connectivity index (χ2v) is 3.67. The van der Waals surface area contributed by atoms with E-state index in [9.17, 15) is 0 Å². The largest absolute Gasteiger partial charge is 0.396 e. The molecule has 3 nitrogen and oxygen atoms in total. The van der Waals surface area contributed by atoms with Crippen molar-refractivity contribution in [3.8, 4) is 0 Å². The SMILES string of the molecule is CNC(CCO)CN(C)C1CC1. The van der Waals surface area contributed by atoms with E-state index in [1.54, 1.807) is 0 Å². The van der Waals surface area contributed by atoms with E-state index < -0.39 is 0 Å². The molecule has 1 aliphatic rings. The zero-order valence-corrected chi connectivity index (χ0v) is 8.08. The van der Waals surface area contributed by atoms with Crippen LogP contribution in [0.2, 0.25) is 0 Å². The molecule has 0 aromatic heterocycles. The van der Waals surface area contributed by atoms with Gasteiger partial charge < -0.3 is 15.3 Å². The highest BCUT2D eigenvalue weighted by atomic mass is 16.3. The Morgan fingerprint density at radius 2 is 2.25 bits per heavy atom. The van der Waals surface area contributed by atoms with Crippen molar-refractivity contribution in [2.75, 3.05) is 27.2 Å². The second kappa shape index (κ2) is 4.80. The van der Waals surface area contributed by atoms with Gasteiger partial charge in [0.1, 0.15) is 0 Å². The highest BCUT2D eigenvalue weighted by molar-refractivity contribution is 4.84. The zero-order chi connectivity index (χ0) is 8.97. The zero-order valence-electron chi connectivity index (χ0n) is 8.08. The lowest BCUT2D eigenvalue weighted by Gasteiger charge is -2.22. The van der Waals surface area contributed by atoms with Gasteiger partial charge in [0.05, 0.1) is 0 Å². The molecule has 0 bridgehead atoms. The molecule has 12 heavy (non-hydrogen) atoms. The minimum Gasteiger partial charge on any atom is -0.396 e. The van der Waals surface area contributed by atoms with Gasteiger partial charge in [-0.15, -0.1) is 0 Å². The maximum absolute atomic E-state index is 8.78. The van der Waals surface area contributed by atoms with Crippen LogP contribution in [0.1, 0.15) is 19.3 Å². The molecule has 0 spiro atoms. The number of aliphatic hydroxyl groups excluding tert-OH is 1. The van der Waals surface area contributed by atoms with Crippen LogP contribution in [0.3, 0.4) is 0 Å². The Hall–Kier alpha value is -0.120. The van der Waals surface area contributed by atoms with Gasteiger partial charge in [-0.25, -0.2) is 0 Å². The molecule has 1 unspecified atom stereocenters. The summed E-state index contributed by atoms with van der Waals surface area (Å²) < 4.78 is 0. The van der Waals surface area contributed by atoms with Gasteiger partial charge in [0.15, 0.2) is 0 Å². The molecule has 1 aliphatic carbocycles. The van der Waals surface area contributed by atoms with Crippen molar-refractivity contribution in [2.24, 2.45) is 0 Å². The third-order valence-corrected chi connectivity index (χ3v) is 2.56. The monoisotopic (exact) mass is 172 g/mol. The van der Waals surface area contributed by atoms with Crippen LogP contribution in [0.5, 0.6) is 0 Å². The van der Waals surface area contributed by atoms with Crippen LogP contribution in [-0.2, 0) is 0 Å². The summed E-state index contributed by atoms with van der Waals surface area (Å²) >= 11 is 0. The van der Waals surface area contributed by atoms with Gasteiger partial charge in [-0.2, -0.15) is 0 Å². The lowest BCUT2D eigenvalue weighted by molar-refractivity contribution is 0.230. The summed E-state index contributed by atoms with van der Waals surface area (Å²) in [6.07, 6.45) is 3.56. The number of nitrogens with zero attached hydrogens (tertiary/aromatic N) is 1. The van der Waals surface area contributed by atoms with E-state index in [0.29, 0.717) is 6.04 Å². The fourth-order valence-electron chi connectivity index (χ4n) is 1.49. The number of likely N-dealkylation sites (N-methyl/N-ethyl adjacent to an activating group) is 2. The van der Waals surface area contributed by atoms with E-state index in [2.05, 4.69) is 17.3 Å². The van der Waals surface area contributed by atoms with E-state index in [1.165, 1.54) is 12.8 Å². The molecule has 0 aromatic carbocycles. The van der Waals surface area contributed by atoms with Crippen molar-refractivity contribution in [2.45, 2.75) is 31.3 Å². The van der Waals surface area contributed by atoms with Crippen molar-refractivity contribution in [1.29, 1.82) is 0 Å². The fraction of sp³-hybridized carbons (Fsp3) is 1.00. The minimum absolute atomic E-state index is 0.282. The Morgan fingerprint density at radius 1 is 1.58 bits per heavy atom. The number of nitrogens with one attached hydrogen (secondary N) is 1.